The van der Waals surface area contributed by atoms with Gasteiger partial charge in [0.1, 0.15) is 0 Å². The van der Waals surface area contributed by atoms with Crippen molar-refractivity contribution in [2.45, 2.75) is 26.3 Å². The van der Waals surface area contributed by atoms with Gasteiger partial charge in [-0.2, -0.15) is 0 Å². The number of halogens is 1. The third-order valence-corrected chi connectivity index (χ3v) is 5.14. The number of likely N-dealkylation sites (tertiary alicyclic amines) is 1. The Hall–Kier alpha value is -0.870. The highest BCUT2D eigenvalue weighted by Crippen LogP contribution is 2.35. The first-order chi connectivity index (χ1) is 9.60. The molecule has 0 aliphatic carbocycles. The Morgan fingerprint density at radius 2 is 2.20 bits per heavy atom. The Bertz CT molecular complexity index is 511. The maximum atomic E-state index is 12.8. The summed E-state index contributed by atoms with van der Waals surface area (Å²) >= 11 is 3.49. The molecular formula is C16H21BrN2O. The number of nitrogens with one attached hydrogen (secondary N) is 1. The molecule has 0 spiro atoms. The van der Waals surface area contributed by atoms with Crippen LogP contribution >= 0.6 is 15.9 Å². The number of aryl methyl sites for hydroxylation is 1. The van der Waals surface area contributed by atoms with Crippen molar-refractivity contribution < 1.29 is 4.79 Å². The van der Waals surface area contributed by atoms with E-state index < -0.39 is 0 Å². The minimum absolute atomic E-state index is 0.190. The third kappa shape index (κ3) is 2.40. The van der Waals surface area contributed by atoms with E-state index in [9.17, 15) is 4.79 Å². The molecule has 0 radical (unpaired) electrons. The van der Waals surface area contributed by atoms with Gasteiger partial charge in [-0.25, -0.2) is 0 Å². The fourth-order valence-electron chi connectivity index (χ4n) is 3.81. The minimum atomic E-state index is 0.190. The summed E-state index contributed by atoms with van der Waals surface area (Å²) in [5.41, 5.74) is 1.93. The second kappa shape index (κ2) is 5.49. The highest BCUT2D eigenvalue weighted by atomic mass is 79.9. The summed E-state index contributed by atoms with van der Waals surface area (Å²) < 4.78 is 0.981. The van der Waals surface area contributed by atoms with Crippen LogP contribution in [0.15, 0.2) is 22.7 Å². The summed E-state index contributed by atoms with van der Waals surface area (Å²) in [6.07, 6.45) is 1.04. The second-order valence-corrected chi connectivity index (χ2v) is 6.95. The summed E-state index contributed by atoms with van der Waals surface area (Å²) in [5.74, 6) is 1.46. The molecule has 20 heavy (non-hydrogen) atoms. The monoisotopic (exact) mass is 336 g/mol. The third-order valence-electron chi connectivity index (χ3n) is 4.69. The topological polar surface area (TPSA) is 32.3 Å². The zero-order valence-electron chi connectivity index (χ0n) is 12.0. The van der Waals surface area contributed by atoms with E-state index in [4.69, 9.17) is 0 Å². The molecule has 1 aromatic rings. The fourth-order valence-corrected chi connectivity index (χ4v) is 4.41. The standard InChI is InChI=1S/C16H21BrN2O/c1-3-15-14-8-18-7-12(14)9-19(15)16(20)11-4-10(2)5-13(17)6-11/h4-6,12,14-15,18H,3,7-9H2,1-2H3. The van der Waals surface area contributed by atoms with Gasteiger partial charge in [-0.3, -0.25) is 4.79 Å². The molecule has 0 saturated carbocycles. The lowest BCUT2D eigenvalue weighted by Crippen LogP contribution is -2.39. The summed E-state index contributed by atoms with van der Waals surface area (Å²) in [7, 11) is 0. The van der Waals surface area contributed by atoms with Crippen LogP contribution in [-0.2, 0) is 0 Å². The van der Waals surface area contributed by atoms with Gasteiger partial charge in [0, 0.05) is 35.7 Å². The van der Waals surface area contributed by atoms with E-state index in [0.717, 1.165) is 41.7 Å². The van der Waals surface area contributed by atoms with Crippen molar-refractivity contribution in [2.24, 2.45) is 11.8 Å². The molecule has 3 nitrogen and oxygen atoms in total. The second-order valence-electron chi connectivity index (χ2n) is 6.03. The summed E-state index contributed by atoms with van der Waals surface area (Å²) in [5, 5.41) is 3.46. The Labute approximate surface area is 128 Å². The molecule has 2 heterocycles. The number of carbonyl (C=O) groups is 1. The molecule has 2 saturated heterocycles. The Morgan fingerprint density at radius 3 is 2.90 bits per heavy atom. The lowest BCUT2D eigenvalue weighted by atomic mass is 9.93. The van der Waals surface area contributed by atoms with Crippen LogP contribution in [0.5, 0.6) is 0 Å². The summed E-state index contributed by atoms with van der Waals surface area (Å²) in [4.78, 5) is 14.9. The smallest absolute Gasteiger partial charge is 0.254 e. The Balaban J connectivity index is 1.86. The molecule has 2 aliphatic heterocycles. The Morgan fingerprint density at radius 1 is 1.40 bits per heavy atom. The predicted octanol–water partition coefficient (Wildman–Crippen LogP) is 2.83. The number of amides is 1. The van der Waals surface area contributed by atoms with Crippen LogP contribution < -0.4 is 5.32 Å². The fraction of sp³-hybridized carbons (Fsp3) is 0.562. The molecule has 3 unspecified atom stereocenters. The molecule has 3 atom stereocenters. The summed E-state index contributed by atoms with van der Waals surface area (Å²) in [6, 6.07) is 6.36. The van der Waals surface area contributed by atoms with Crippen molar-refractivity contribution in [1.29, 1.82) is 0 Å². The van der Waals surface area contributed by atoms with Crippen LogP contribution in [0.25, 0.3) is 0 Å². The van der Waals surface area contributed by atoms with E-state index in [1.54, 1.807) is 0 Å². The van der Waals surface area contributed by atoms with Crippen molar-refractivity contribution >= 4 is 21.8 Å². The van der Waals surface area contributed by atoms with Crippen molar-refractivity contribution in [3.63, 3.8) is 0 Å². The van der Waals surface area contributed by atoms with Crippen molar-refractivity contribution in [3.05, 3.63) is 33.8 Å². The maximum absolute atomic E-state index is 12.8. The number of hydrogen-bond acceptors (Lipinski definition) is 2. The maximum Gasteiger partial charge on any atom is 0.254 e. The lowest BCUT2D eigenvalue weighted by molar-refractivity contribution is 0.0711. The van der Waals surface area contributed by atoms with Gasteiger partial charge in [0.15, 0.2) is 0 Å². The number of rotatable bonds is 2. The Kier molecular flexibility index (Phi) is 3.87. The number of fused-ring (bicyclic) bond motifs is 1. The van der Waals surface area contributed by atoms with E-state index in [1.807, 2.05) is 25.1 Å². The van der Waals surface area contributed by atoms with Crippen LogP contribution in [0.1, 0.15) is 29.3 Å². The van der Waals surface area contributed by atoms with Crippen LogP contribution in [0.2, 0.25) is 0 Å². The minimum Gasteiger partial charge on any atom is -0.335 e. The number of hydrogen-bond donors (Lipinski definition) is 1. The van der Waals surface area contributed by atoms with Gasteiger partial charge < -0.3 is 10.2 Å². The van der Waals surface area contributed by atoms with Gasteiger partial charge in [0.05, 0.1) is 0 Å². The lowest BCUT2D eigenvalue weighted by Gasteiger charge is -2.27. The highest BCUT2D eigenvalue weighted by Gasteiger charge is 2.45. The van der Waals surface area contributed by atoms with E-state index >= 15 is 0 Å². The average Bonchev–Trinajstić information content (AvgIpc) is 2.96. The van der Waals surface area contributed by atoms with Gasteiger partial charge in [-0.05, 0) is 48.9 Å². The molecule has 1 aromatic carbocycles. The van der Waals surface area contributed by atoms with Crippen molar-refractivity contribution in [2.75, 3.05) is 19.6 Å². The normalized spacial score (nSPS) is 28.8. The molecule has 4 heteroatoms. The van der Waals surface area contributed by atoms with Crippen LogP contribution in [0.3, 0.4) is 0 Å². The van der Waals surface area contributed by atoms with Crippen LogP contribution in [0, 0.1) is 18.8 Å². The molecule has 3 rings (SSSR count). The van der Waals surface area contributed by atoms with Crippen molar-refractivity contribution in [3.8, 4) is 0 Å². The van der Waals surface area contributed by atoms with Gasteiger partial charge >= 0.3 is 0 Å². The first-order valence-electron chi connectivity index (χ1n) is 7.39. The van der Waals surface area contributed by atoms with E-state index in [0.29, 0.717) is 17.9 Å². The van der Waals surface area contributed by atoms with Gasteiger partial charge in [0.25, 0.3) is 5.91 Å². The van der Waals surface area contributed by atoms with Gasteiger partial charge in [-0.15, -0.1) is 0 Å². The molecule has 0 aromatic heterocycles. The summed E-state index contributed by atoms with van der Waals surface area (Å²) in [6.45, 7) is 7.24. The van der Waals surface area contributed by atoms with Gasteiger partial charge in [0.2, 0.25) is 0 Å². The SMILES string of the molecule is CCC1C2CNCC2CN1C(=O)c1cc(C)cc(Br)c1. The highest BCUT2D eigenvalue weighted by molar-refractivity contribution is 9.10. The molecule has 1 N–H and O–H groups in total. The molecular weight excluding hydrogens is 316 g/mol. The van der Waals surface area contributed by atoms with E-state index in [-0.39, 0.29) is 5.91 Å². The number of carbonyl (C=O) groups excluding carboxylic acids is 1. The molecule has 0 bridgehead atoms. The molecule has 108 valence electrons. The number of benzene rings is 1. The van der Waals surface area contributed by atoms with Crippen molar-refractivity contribution in [1.82, 2.24) is 10.2 Å². The van der Waals surface area contributed by atoms with E-state index in [1.165, 1.54) is 0 Å². The zero-order chi connectivity index (χ0) is 14.3. The van der Waals surface area contributed by atoms with E-state index in [2.05, 4.69) is 33.1 Å². The van der Waals surface area contributed by atoms with Crippen LogP contribution in [0.4, 0.5) is 0 Å². The molecule has 2 aliphatic rings. The van der Waals surface area contributed by atoms with Crippen LogP contribution in [-0.4, -0.2) is 36.5 Å². The largest absolute Gasteiger partial charge is 0.335 e. The number of nitrogens with zero attached hydrogens (tertiary/aromatic N) is 1. The molecule has 1 amide bonds. The zero-order valence-corrected chi connectivity index (χ0v) is 13.6. The quantitative estimate of drug-likeness (QED) is 0.900. The first-order valence-corrected chi connectivity index (χ1v) is 8.18. The average molecular weight is 337 g/mol. The first kappa shape index (κ1) is 14.1. The predicted molar refractivity (Wildman–Crippen MR) is 83.8 cm³/mol. The molecule has 2 fully saturated rings. The van der Waals surface area contributed by atoms with Gasteiger partial charge in [-0.1, -0.05) is 22.9 Å².